The van der Waals surface area contributed by atoms with Crippen molar-refractivity contribution in [2.45, 2.75) is 12.6 Å². The lowest BCUT2D eigenvalue weighted by Gasteiger charge is -2.25. The van der Waals surface area contributed by atoms with Crippen LogP contribution in [-0.4, -0.2) is 40.8 Å². The first kappa shape index (κ1) is 22.3. The van der Waals surface area contributed by atoms with Crippen LogP contribution in [0.1, 0.15) is 22.9 Å². The summed E-state index contributed by atoms with van der Waals surface area (Å²) in [6.45, 7) is 0.151. The maximum Gasteiger partial charge on any atom is 0.296 e. The molecule has 5 rings (SSSR count). The highest BCUT2D eigenvalue weighted by Crippen LogP contribution is 2.41. The van der Waals surface area contributed by atoms with Gasteiger partial charge in [-0.3, -0.25) is 14.6 Å². The smallest absolute Gasteiger partial charge is 0.296 e. The van der Waals surface area contributed by atoms with Crippen LogP contribution in [0.25, 0.3) is 16.5 Å². The molecule has 4 aromatic rings. The zero-order valence-electron chi connectivity index (χ0n) is 19.6. The molecule has 1 saturated heterocycles. The lowest BCUT2D eigenvalue weighted by atomic mass is 9.93. The third-order valence-electron chi connectivity index (χ3n) is 6.37. The number of rotatable bonds is 5. The van der Waals surface area contributed by atoms with Crippen LogP contribution in [0.3, 0.4) is 0 Å². The quantitative estimate of drug-likeness (QED) is 0.258. The summed E-state index contributed by atoms with van der Waals surface area (Å²) in [6, 6.07) is 25.6. The average molecular weight is 464 g/mol. The molecule has 1 amide bonds. The summed E-state index contributed by atoms with van der Waals surface area (Å²) in [5, 5.41) is 13.3. The number of carbonyl (C=O) groups excluding carboxylic acids is 2. The molecule has 1 N–H and O–H groups in total. The van der Waals surface area contributed by atoms with Crippen LogP contribution in [0.2, 0.25) is 0 Å². The Balaban J connectivity index is 1.69. The minimum atomic E-state index is -0.743. The van der Waals surface area contributed by atoms with E-state index in [4.69, 9.17) is 0 Å². The van der Waals surface area contributed by atoms with E-state index in [9.17, 15) is 14.7 Å². The molecule has 2 heterocycles. The molecule has 0 bridgehead atoms. The van der Waals surface area contributed by atoms with Gasteiger partial charge in [0.25, 0.3) is 11.7 Å². The SMILES string of the molecule is CN(C)c1ccc(C2/C(=C(/O)c3cccc4ccccc34)C(=O)C(=O)N2Cc2ccccn2)cc1. The molecule has 6 nitrogen and oxygen atoms in total. The molecule has 1 atom stereocenters. The molecule has 1 aliphatic rings. The zero-order valence-corrected chi connectivity index (χ0v) is 19.6. The van der Waals surface area contributed by atoms with Gasteiger partial charge in [-0.2, -0.15) is 0 Å². The monoisotopic (exact) mass is 463 g/mol. The van der Waals surface area contributed by atoms with E-state index in [2.05, 4.69) is 4.98 Å². The number of likely N-dealkylation sites (tertiary alicyclic amines) is 1. The fourth-order valence-corrected chi connectivity index (χ4v) is 4.59. The van der Waals surface area contributed by atoms with Crippen LogP contribution in [0.4, 0.5) is 5.69 Å². The number of hydrogen-bond acceptors (Lipinski definition) is 5. The van der Waals surface area contributed by atoms with Gasteiger partial charge in [-0.15, -0.1) is 0 Å². The first-order valence-electron chi connectivity index (χ1n) is 11.4. The number of aliphatic hydroxyl groups excluding tert-OH is 1. The molecule has 1 fully saturated rings. The van der Waals surface area contributed by atoms with E-state index in [1.165, 1.54) is 4.90 Å². The van der Waals surface area contributed by atoms with Crippen LogP contribution in [-0.2, 0) is 16.1 Å². The number of aromatic nitrogens is 1. The number of hydrogen-bond donors (Lipinski definition) is 1. The van der Waals surface area contributed by atoms with E-state index >= 15 is 0 Å². The minimum Gasteiger partial charge on any atom is -0.507 e. The average Bonchev–Trinajstić information content (AvgIpc) is 3.13. The molecule has 0 saturated carbocycles. The van der Waals surface area contributed by atoms with Crippen LogP contribution in [0, 0.1) is 0 Å². The third kappa shape index (κ3) is 4.04. The summed E-state index contributed by atoms with van der Waals surface area (Å²) >= 11 is 0. The molecule has 174 valence electrons. The first-order chi connectivity index (χ1) is 17.0. The lowest BCUT2D eigenvalue weighted by Crippen LogP contribution is -2.29. The minimum absolute atomic E-state index is 0.0832. The second-order valence-electron chi connectivity index (χ2n) is 8.76. The van der Waals surface area contributed by atoms with E-state index in [1.54, 1.807) is 18.3 Å². The summed E-state index contributed by atoms with van der Waals surface area (Å²) in [7, 11) is 3.89. The largest absolute Gasteiger partial charge is 0.507 e. The Hall–Kier alpha value is -4.45. The van der Waals surface area contributed by atoms with Crippen LogP contribution in [0.15, 0.2) is 96.7 Å². The fraction of sp³-hybridized carbons (Fsp3) is 0.138. The molecule has 0 aliphatic carbocycles. The Morgan fingerprint density at radius 3 is 2.34 bits per heavy atom. The molecular formula is C29H25N3O3. The van der Waals surface area contributed by atoms with Gasteiger partial charge < -0.3 is 14.9 Å². The molecule has 3 aromatic carbocycles. The fourth-order valence-electron chi connectivity index (χ4n) is 4.59. The number of ketones is 1. The second-order valence-corrected chi connectivity index (χ2v) is 8.76. The topological polar surface area (TPSA) is 73.7 Å². The number of benzene rings is 3. The van der Waals surface area contributed by atoms with E-state index in [0.717, 1.165) is 22.0 Å². The third-order valence-corrected chi connectivity index (χ3v) is 6.37. The summed E-state index contributed by atoms with van der Waals surface area (Å²) in [4.78, 5) is 34.5. The maximum atomic E-state index is 13.4. The zero-order chi connectivity index (χ0) is 24.5. The van der Waals surface area contributed by atoms with Gasteiger partial charge in [0.1, 0.15) is 5.76 Å². The van der Waals surface area contributed by atoms with Crippen molar-refractivity contribution in [3.05, 3.63) is 114 Å². The Kier molecular flexibility index (Phi) is 5.79. The number of anilines is 1. The van der Waals surface area contributed by atoms with Crippen LogP contribution in [0.5, 0.6) is 0 Å². The van der Waals surface area contributed by atoms with E-state index in [-0.39, 0.29) is 17.9 Å². The van der Waals surface area contributed by atoms with Crippen molar-refractivity contribution in [2.75, 3.05) is 19.0 Å². The van der Waals surface area contributed by atoms with Gasteiger partial charge >= 0.3 is 0 Å². The van der Waals surface area contributed by atoms with E-state index < -0.39 is 17.7 Å². The summed E-state index contributed by atoms with van der Waals surface area (Å²) in [5.74, 6) is -1.53. The van der Waals surface area contributed by atoms with Crippen LogP contribution >= 0.6 is 0 Å². The molecule has 1 unspecified atom stereocenters. The molecular weight excluding hydrogens is 438 g/mol. The van der Waals surface area contributed by atoms with Crippen molar-refractivity contribution in [3.8, 4) is 0 Å². The number of nitrogens with zero attached hydrogens (tertiary/aromatic N) is 3. The van der Waals surface area contributed by atoms with Crippen LogP contribution < -0.4 is 4.90 Å². The number of aliphatic hydroxyl groups is 1. The van der Waals surface area contributed by atoms with Gasteiger partial charge in [-0.05, 0) is 40.6 Å². The van der Waals surface area contributed by atoms with E-state index in [0.29, 0.717) is 11.3 Å². The normalized spacial score (nSPS) is 17.2. The second kappa shape index (κ2) is 9.06. The van der Waals surface area contributed by atoms with Crippen molar-refractivity contribution in [3.63, 3.8) is 0 Å². The van der Waals surface area contributed by atoms with Gasteiger partial charge in [0.05, 0.1) is 23.9 Å². The van der Waals surface area contributed by atoms with Crippen molar-refractivity contribution in [1.29, 1.82) is 0 Å². The standard InChI is InChI=1S/C29H25N3O3/c1-31(2)22-15-13-20(14-16-22)26-25(27(33)24-12-7-9-19-8-3-4-11-23(19)24)28(34)29(35)32(26)18-21-10-5-6-17-30-21/h3-17,26,33H,18H2,1-2H3/b27-25-. The molecule has 1 aliphatic heterocycles. The Labute approximate surface area is 203 Å². The number of pyridine rings is 1. The van der Waals surface area contributed by atoms with Crippen molar-refractivity contribution in [1.82, 2.24) is 9.88 Å². The molecule has 0 radical (unpaired) electrons. The Morgan fingerprint density at radius 1 is 0.914 bits per heavy atom. The predicted octanol–water partition coefficient (Wildman–Crippen LogP) is 4.92. The maximum absolute atomic E-state index is 13.4. The van der Waals surface area contributed by atoms with Gasteiger partial charge in [-0.1, -0.05) is 60.7 Å². The highest BCUT2D eigenvalue weighted by molar-refractivity contribution is 6.46. The molecule has 0 spiro atoms. The van der Waals surface area contributed by atoms with Crippen molar-refractivity contribution in [2.24, 2.45) is 0 Å². The molecule has 1 aromatic heterocycles. The summed E-state index contributed by atoms with van der Waals surface area (Å²) in [5.41, 5.74) is 3.00. The van der Waals surface area contributed by atoms with Gasteiger partial charge in [0, 0.05) is 31.5 Å². The number of carbonyl (C=O) groups is 2. The molecule has 6 heteroatoms. The highest BCUT2D eigenvalue weighted by Gasteiger charge is 2.46. The highest BCUT2D eigenvalue weighted by atomic mass is 16.3. The number of Topliss-reactive ketones (excluding diaryl/α,β-unsaturated/α-hetero) is 1. The number of amides is 1. The van der Waals surface area contributed by atoms with Gasteiger partial charge in [-0.25, -0.2) is 0 Å². The van der Waals surface area contributed by atoms with E-state index in [1.807, 2.05) is 91.8 Å². The van der Waals surface area contributed by atoms with Crippen molar-refractivity contribution < 1.29 is 14.7 Å². The summed E-state index contributed by atoms with van der Waals surface area (Å²) < 4.78 is 0. The first-order valence-corrected chi connectivity index (χ1v) is 11.4. The Morgan fingerprint density at radius 2 is 1.63 bits per heavy atom. The van der Waals surface area contributed by atoms with Crippen molar-refractivity contribution >= 4 is 33.9 Å². The lowest BCUT2D eigenvalue weighted by molar-refractivity contribution is -0.140. The number of fused-ring (bicyclic) bond motifs is 1. The predicted molar refractivity (Wildman–Crippen MR) is 137 cm³/mol. The molecule has 35 heavy (non-hydrogen) atoms. The van der Waals surface area contributed by atoms with Gasteiger partial charge in [0.2, 0.25) is 0 Å². The van der Waals surface area contributed by atoms with Gasteiger partial charge in [0.15, 0.2) is 0 Å². The Bertz CT molecular complexity index is 1440. The summed E-state index contributed by atoms with van der Waals surface area (Å²) in [6.07, 6.45) is 1.66.